The molecule has 1 aromatic heterocycles. The van der Waals surface area contributed by atoms with Gasteiger partial charge in [-0.15, -0.1) is 0 Å². The molecule has 17 heavy (non-hydrogen) atoms. The number of aryl methyl sites for hydroxylation is 1. The van der Waals surface area contributed by atoms with Crippen LogP contribution in [0.1, 0.15) is 5.56 Å². The van der Waals surface area contributed by atoms with E-state index in [4.69, 9.17) is 11.0 Å². The van der Waals surface area contributed by atoms with Gasteiger partial charge in [0, 0.05) is 24.2 Å². The van der Waals surface area contributed by atoms with E-state index in [1.54, 1.807) is 13.1 Å². The number of hydrogen-bond acceptors (Lipinski definition) is 3. The van der Waals surface area contributed by atoms with Crippen LogP contribution < -0.4 is 5.73 Å². The van der Waals surface area contributed by atoms with Gasteiger partial charge in [-0.1, -0.05) is 0 Å². The van der Waals surface area contributed by atoms with E-state index in [9.17, 15) is 8.78 Å². The van der Waals surface area contributed by atoms with E-state index in [0.717, 1.165) is 6.07 Å². The van der Waals surface area contributed by atoms with Crippen molar-refractivity contribution in [2.45, 2.75) is 0 Å². The van der Waals surface area contributed by atoms with Gasteiger partial charge in [0.15, 0.2) is 0 Å². The van der Waals surface area contributed by atoms with Gasteiger partial charge < -0.3 is 5.73 Å². The number of nitrogens with two attached hydrogens (primary N) is 1. The molecule has 0 fully saturated rings. The third-order valence-corrected chi connectivity index (χ3v) is 2.45. The summed E-state index contributed by atoms with van der Waals surface area (Å²) >= 11 is 0. The van der Waals surface area contributed by atoms with E-state index in [-0.39, 0.29) is 16.9 Å². The van der Waals surface area contributed by atoms with Crippen LogP contribution in [-0.2, 0) is 7.05 Å². The van der Waals surface area contributed by atoms with Crippen molar-refractivity contribution in [1.82, 2.24) is 9.78 Å². The molecule has 0 unspecified atom stereocenters. The van der Waals surface area contributed by atoms with Crippen molar-refractivity contribution in [3.05, 3.63) is 35.5 Å². The molecule has 0 aliphatic heterocycles. The van der Waals surface area contributed by atoms with Gasteiger partial charge in [-0.3, -0.25) is 4.68 Å². The van der Waals surface area contributed by atoms with Crippen LogP contribution in [0.25, 0.3) is 11.1 Å². The summed E-state index contributed by atoms with van der Waals surface area (Å²) in [5.74, 6) is -1.42. The fourth-order valence-electron chi connectivity index (χ4n) is 1.50. The first-order valence-corrected chi connectivity index (χ1v) is 4.71. The predicted molar refractivity (Wildman–Crippen MR) is 57.7 cm³/mol. The van der Waals surface area contributed by atoms with Crippen LogP contribution in [0.3, 0.4) is 0 Å². The van der Waals surface area contributed by atoms with Crippen LogP contribution >= 0.6 is 0 Å². The zero-order chi connectivity index (χ0) is 12.6. The minimum Gasteiger partial charge on any atom is -0.383 e. The summed E-state index contributed by atoms with van der Waals surface area (Å²) in [6, 6.07) is 3.44. The Morgan fingerprint density at radius 3 is 2.53 bits per heavy atom. The standard InChI is InChI=1S/C11H8F2N4/c1-17-11(15)8(5-16-17)7-2-6(4-14)9(12)3-10(7)13/h2-3,5H,15H2,1H3. The van der Waals surface area contributed by atoms with Gasteiger partial charge >= 0.3 is 0 Å². The highest BCUT2D eigenvalue weighted by Gasteiger charge is 2.15. The lowest BCUT2D eigenvalue weighted by atomic mass is 10.0. The van der Waals surface area contributed by atoms with Crippen molar-refractivity contribution in [3.63, 3.8) is 0 Å². The molecule has 2 N–H and O–H groups in total. The van der Waals surface area contributed by atoms with Gasteiger partial charge in [0.25, 0.3) is 0 Å². The molecular weight excluding hydrogens is 226 g/mol. The minimum atomic E-state index is -0.892. The molecule has 6 heteroatoms. The number of benzene rings is 1. The summed E-state index contributed by atoms with van der Waals surface area (Å²) in [5, 5.41) is 12.6. The average Bonchev–Trinajstić information content (AvgIpc) is 2.61. The van der Waals surface area contributed by atoms with Crippen LogP contribution in [0.5, 0.6) is 0 Å². The Kier molecular flexibility index (Phi) is 2.52. The number of hydrogen-bond donors (Lipinski definition) is 1. The zero-order valence-electron chi connectivity index (χ0n) is 8.91. The summed E-state index contributed by atoms with van der Waals surface area (Å²) in [6.07, 6.45) is 1.37. The van der Waals surface area contributed by atoms with Crippen LogP contribution in [0.2, 0.25) is 0 Å². The molecule has 0 spiro atoms. The Balaban J connectivity index is 2.68. The van der Waals surface area contributed by atoms with E-state index in [2.05, 4.69) is 5.10 Å². The molecule has 0 radical (unpaired) electrons. The molecule has 4 nitrogen and oxygen atoms in total. The number of rotatable bonds is 1. The third-order valence-electron chi connectivity index (χ3n) is 2.45. The van der Waals surface area contributed by atoms with Crippen LogP contribution in [0, 0.1) is 23.0 Å². The number of nitrogen functional groups attached to an aromatic ring is 1. The lowest BCUT2D eigenvalue weighted by molar-refractivity contribution is 0.583. The number of nitrogens with zero attached hydrogens (tertiary/aromatic N) is 3. The molecule has 0 saturated heterocycles. The monoisotopic (exact) mass is 234 g/mol. The van der Waals surface area contributed by atoms with Crippen LogP contribution in [0.4, 0.5) is 14.6 Å². The Hall–Kier alpha value is -2.42. The Labute approximate surface area is 95.9 Å². The summed E-state index contributed by atoms with van der Waals surface area (Å²) in [4.78, 5) is 0. The first-order valence-electron chi connectivity index (χ1n) is 4.71. The number of halogens is 2. The number of aromatic nitrogens is 2. The highest BCUT2D eigenvalue weighted by atomic mass is 19.1. The van der Waals surface area contributed by atoms with Gasteiger partial charge in [-0.05, 0) is 6.07 Å². The fraction of sp³-hybridized carbons (Fsp3) is 0.0909. The molecule has 0 bridgehead atoms. The summed E-state index contributed by atoms with van der Waals surface area (Å²) in [5.41, 5.74) is 5.86. The van der Waals surface area contributed by atoms with Gasteiger partial charge in [0.1, 0.15) is 23.5 Å². The Morgan fingerprint density at radius 2 is 2.00 bits per heavy atom. The van der Waals surface area contributed by atoms with Crippen molar-refractivity contribution in [1.29, 1.82) is 5.26 Å². The van der Waals surface area contributed by atoms with Gasteiger partial charge in [0.2, 0.25) is 0 Å². The second kappa shape index (κ2) is 3.87. The molecule has 0 amide bonds. The number of anilines is 1. The first kappa shape index (κ1) is 11.1. The van der Waals surface area contributed by atoms with E-state index in [1.165, 1.54) is 10.9 Å². The Bertz CT molecular complexity index is 625. The first-order chi connectivity index (χ1) is 8.04. The van der Waals surface area contributed by atoms with E-state index < -0.39 is 11.6 Å². The molecular formula is C11H8F2N4. The highest BCUT2D eigenvalue weighted by Crippen LogP contribution is 2.29. The zero-order valence-corrected chi connectivity index (χ0v) is 8.91. The lowest BCUT2D eigenvalue weighted by Crippen LogP contribution is -1.99. The second-order valence-electron chi connectivity index (χ2n) is 3.49. The van der Waals surface area contributed by atoms with Crippen molar-refractivity contribution in [2.75, 3.05) is 5.73 Å². The largest absolute Gasteiger partial charge is 0.383 e. The predicted octanol–water partition coefficient (Wildman–Crippen LogP) is 1.82. The third kappa shape index (κ3) is 1.72. The second-order valence-corrected chi connectivity index (χ2v) is 3.49. The highest BCUT2D eigenvalue weighted by molar-refractivity contribution is 5.74. The normalized spacial score (nSPS) is 10.2. The van der Waals surface area contributed by atoms with E-state index in [1.807, 2.05) is 0 Å². The maximum Gasteiger partial charge on any atom is 0.143 e. The molecule has 0 atom stereocenters. The van der Waals surface area contributed by atoms with Crippen molar-refractivity contribution in [3.8, 4) is 17.2 Å². The fourth-order valence-corrected chi connectivity index (χ4v) is 1.50. The SMILES string of the molecule is Cn1ncc(-c2cc(C#N)c(F)cc2F)c1N. The van der Waals surface area contributed by atoms with Crippen molar-refractivity contribution < 1.29 is 8.78 Å². The molecule has 0 saturated carbocycles. The maximum atomic E-state index is 13.6. The van der Waals surface area contributed by atoms with Crippen LogP contribution in [-0.4, -0.2) is 9.78 Å². The van der Waals surface area contributed by atoms with Crippen LogP contribution in [0.15, 0.2) is 18.3 Å². The molecule has 1 heterocycles. The maximum absolute atomic E-state index is 13.6. The van der Waals surface area contributed by atoms with Gasteiger partial charge in [0.05, 0.1) is 11.8 Å². The van der Waals surface area contributed by atoms with Gasteiger partial charge in [-0.25, -0.2) is 8.78 Å². The van der Waals surface area contributed by atoms with E-state index >= 15 is 0 Å². The van der Waals surface area contributed by atoms with Crippen molar-refractivity contribution in [2.24, 2.45) is 7.05 Å². The van der Waals surface area contributed by atoms with Crippen molar-refractivity contribution >= 4 is 5.82 Å². The molecule has 86 valence electrons. The van der Waals surface area contributed by atoms with E-state index in [0.29, 0.717) is 11.6 Å². The molecule has 2 rings (SSSR count). The molecule has 0 aliphatic carbocycles. The quantitative estimate of drug-likeness (QED) is 0.818. The lowest BCUT2D eigenvalue weighted by Gasteiger charge is -2.04. The number of nitriles is 1. The smallest absolute Gasteiger partial charge is 0.143 e. The summed E-state index contributed by atoms with van der Waals surface area (Å²) in [7, 11) is 1.60. The average molecular weight is 234 g/mol. The molecule has 0 aliphatic rings. The summed E-state index contributed by atoms with van der Waals surface area (Å²) < 4.78 is 28.1. The van der Waals surface area contributed by atoms with Gasteiger partial charge in [-0.2, -0.15) is 10.4 Å². The summed E-state index contributed by atoms with van der Waals surface area (Å²) in [6.45, 7) is 0. The Morgan fingerprint density at radius 1 is 1.29 bits per heavy atom. The topological polar surface area (TPSA) is 67.6 Å². The minimum absolute atomic E-state index is 0.0635. The molecule has 1 aromatic carbocycles. The molecule has 2 aromatic rings.